The largest absolute Gasteiger partial charge is 0.480 e. The second-order valence-corrected chi connectivity index (χ2v) is 5.93. The Balaban J connectivity index is 4.52. The molecule has 0 heterocycles. The van der Waals surface area contributed by atoms with Crippen molar-refractivity contribution in [3.05, 3.63) is 0 Å². The van der Waals surface area contributed by atoms with Crippen LogP contribution in [0.5, 0.6) is 0 Å². The van der Waals surface area contributed by atoms with E-state index in [0.717, 1.165) is 5.75 Å². The van der Waals surface area contributed by atoms with Crippen molar-refractivity contribution in [1.29, 1.82) is 0 Å². The lowest BCUT2D eigenvalue weighted by Crippen LogP contribution is -2.55. The van der Waals surface area contributed by atoms with Gasteiger partial charge in [0, 0.05) is 11.5 Å². The van der Waals surface area contributed by atoms with Gasteiger partial charge in [-0.05, 0) is 18.4 Å². The molecule has 0 aliphatic rings. The summed E-state index contributed by atoms with van der Waals surface area (Å²) in [6.07, 6.45) is 2.39. The molecule has 0 aliphatic carbocycles. The van der Waals surface area contributed by atoms with E-state index in [0.29, 0.717) is 6.42 Å². The van der Waals surface area contributed by atoms with Gasteiger partial charge in [-0.1, -0.05) is 0 Å². The minimum atomic E-state index is -1.20. The Morgan fingerprint density at radius 3 is 2.10 bits per heavy atom. The molecule has 10 heteroatoms. The first-order chi connectivity index (χ1) is 9.87. The number of aliphatic carboxylic acids is 1. The van der Waals surface area contributed by atoms with E-state index in [-0.39, 0.29) is 11.5 Å². The molecule has 0 radical (unpaired) electrons. The summed E-state index contributed by atoms with van der Waals surface area (Å²) in [7, 11) is 0. The SMILES string of the molecule is CSCC[C@H](N)C(=O)N[C@@H](CS)C(=O)N[C@@H](CS)C(=O)O. The molecule has 0 saturated heterocycles. The summed E-state index contributed by atoms with van der Waals surface area (Å²) < 4.78 is 0. The fourth-order valence-electron chi connectivity index (χ4n) is 1.31. The second-order valence-electron chi connectivity index (χ2n) is 4.21. The van der Waals surface area contributed by atoms with Crippen LogP contribution >= 0.6 is 37.0 Å². The number of carboxylic acid groups (broad SMARTS) is 1. The van der Waals surface area contributed by atoms with E-state index in [1.807, 2.05) is 6.26 Å². The van der Waals surface area contributed by atoms with E-state index >= 15 is 0 Å². The Hall–Kier alpha value is -0.580. The predicted molar refractivity (Wildman–Crippen MR) is 90.2 cm³/mol. The molecule has 0 aliphatic heterocycles. The van der Waals surface area contributed by atoms with Gasteiger partial charge in [0.25, 0.3) is 0 Å². The van der Waals surface area contributed by atoms with Crippen LogP contribution in [0.3, 0.4) is 0 Å². The number of nitrogens with two attached hydrogens (primary N) is 1. The first kappa shape index (κ1) is 20.4. The number of nitrogens with one attached hydrogen (secondary N) is 2. The van der Waals surface area contributed by atoms with Gasteiger partial charge in [0.1, 0.15) is 12.1 Å². The molecule has 0 bridgehead atoms. The van der Waals surface area contributed by atoms with Gasteiger partial charge in [-0.3, -0.25) is 9.59 Å². The minimum absolute atomic E-state index is 0.0335. The zero-order valence-electron chi connectivity index (χ0n) is 11.6. The summed E-state index contributed by atoms with van der Waals surface area (Å²) in [6.45, 7) is 0. The van der Waals surface area contributed by atoms with Gasteiger partial charge in [-0.15, -0.1) is 0 Å². The van der Waals surface area contributed by atoms with Gasteiger partial charge in [-0.2, -0.15) is 37.0 Å². The van der Waals surface area contributed by atoms with Crippen LogP contribution in [-0.2, 0) is 14.4 Å². The lowest BCUT2D eigenvalue weighted by molar-refractivity contribution is -0.141. The molecule has 0 spiro atoms. The Morgan fingerprint density at radius 2 is 1.67 bits per heavy atom. The van der Waals surface area contributed by atoms with Crippen LogP contribution in [0.1, 0.15) is 6.42 Å². The third-order valence-corrected chi connectivity index (χ3v) is 3.96. The summed E-state index contributed by atoms with van der Waals surface area (Å²) in [5, 5.41) is 13.6. The van der Waals surface area contributed by atoms with E-state index in [2.05, 4.69) is 35.9 Å². The van der Waals surface area contributed by atoms with Crippen LogP contribution < -0.4 is 16.4 Å². The zero-order valence-corrected chi connectivity index (χ0v) is 14.2. The molecule has 0 rings (SSSR count). The third-order valence-electron chi connectivity index (χ3n) is 2.58. The first-order valence-corrected chi connectivity index (χ1v) is 8.83. The molecule has 0 aromatic rings. The van der Waals surface area contributed by atoms with Crippen molar-refractivity contribution in [2.75, 3.05) is 23.5 Å². The van der Waals surface area contributed by atoms with Gasteiger partial charge < -0.3 is 21.5 Å². The molecule has 21 heavy (non-hydrogen) atoms. The summed E-state index contributed by atoms with van der Waals surface area (Å²) in [4.78, 5) is 34.6. The van der Waals surface area contributed by atoms with Crippen molar-refractivity contribution in [1.82, 2.24) is 10.6 Å². The molecule has 2 amide bonds. The molecule has 0 saturated carbocycles. The molecule has 3 atom stereocenters. The number of hydrogen-bond donors (Lipinski definition) is 6. The van der Waals surface area contributed by atoms with Crippen LogP contribution in [0.25, 0.3) is 0 Å². The summed E-state index contributed by atoms with van der Waals surface area (Å²) in [5.74, 6) is -1.58. The van der Waals surface area contributed by atoms with Crippen molar-refractivity contribution in [2.45, 2.75) is 24.5 Å². The van der Waals surface area contributed by atoms with Crippen LogP contribution in [0.15, 0.2) is 0 Å². The average Bonchev–Trinajstić information content (AvgIpc) is 2.46. The topological polar surface area (TPSA) is 122 Å². The maximum atomic E-state index is 11.9. The van der Waals surface area contributed by atoms with E-state index in [1.165, 1.54) is 0 Å². The molecule has 5 N–H and O–H groups in total. The van der Waals surface area contributed by atoms with Gasteiger partial charge in [0.05, 0.1) is 6.04 Å². The first-order valence-electron chi connectivity index (χ1n) is 6.17. The van der Waals surface area contributed by atoms with Crippen molar-refractivity contribution in [3.8, 4) is 0 Å². The summed E-state index contributed by atoms with van der Waals surface area (Å²) >= 11 is 9.39. The number of carboxylic acids is 1. The quantitative estimate of drug-likeness (QED) is 0.279. The van der Waals surface area contributed by atoms with E-state index in [9.17, 15) is 14.4 Å². The average molecular weight is 356 g/mol. The van der Waals surface area contributed by atoms with Crippen molar-refractivity contribution in [3.63, 3.8) is 0 Å². The van der Waals surface area contributed by atoms with Crippen molar-refractivity contribution in [2.24, 2.45) is 5.73 Å². The monoisotopic (exact) mass is 355 g/mol. The zero-order chi connectivity index (χ0) is 16.4. The van der Waals surface area contributed by atoms with Gasteiger partial charge >= 0.3 is 5.97 Å². The normalized spacial score (nSPS) is 14.9. The van der Waals surface area contributed by atoms with Gasteiger partial charge in [-0.25, -0.2) is 4.79 Å². The van der Waals surface area contributed by atoms with Gasteiger partial charge in [0.2, 0.25) is 11.8 Å². The predicted octanol–water partition coefficient (Wildman–Crippen LogP) is -1.02. The maximum Gasteiger partial charge on any atom is 0.327 e. The smallest absolute Gasteiger partial charge is 0.327 e. The van der Waals surface area contributed by atoms with Crippen LogP contribution in [-0.4, -0.2) is 64.5 Å². The molecule has 7 nitrogen and oxygen atoms in total. The van der Waals surface area contributed by atoms with Crippen LogP contribution in [0.2, 0.25) is 0 Å². The Kier molecular flexibility index (Phi) is 10.7. The third kappa shape index (κ3) is 7.84. The fraction of sp³-hybridized carbons (Fsp3) is 0.727. The highest BCUT2D eigenvalue weighted by Gasteiger charge is 2.26. The van der Waals surface area contributed by atoms with E-state index in [4.69, 9.17) is 10.8 Å². The van der Waals surface area contributed by atoms with Gasteiger partial charge in [0.15, 0.2) is 0 Å². The number of rotatable bonds is 10. The molecular weight excluding hydrogens is 334 g/mol. The Bertz CT molecular complexity index is 371. The number of carbonyl (C=O) groups excluding carboxylic acids is 2. The fourth-order valence-corrected chi connectivity index (χ4v) is 2.30. The van der Waals surface area contributed by atoms with Crippen molar-refractivity contribution < 1.29 is 19.5 Å². The molecule has 0 aromatic carbocycles. The Labute approximate surface area is 139 Å². The highest BCUT2D eigenvalue weighted by atomic mass is 32.2. The maximum absolute atomic E-state index is 11.9. The number of thiol groups is 2. The molecule has 0 fully saturated rings. The number of hydrogen-bond acceptors (Lipinski definition) is 7. The van der Waals surface area contributed by atoms with E-state index < -0.39 is 35.9 Å². The lowest BCUT2D eigenvalue weighted by Gasteiger charge is -2.21. The number of thioether (sulfide) groups is 1. The lowest BCUT2D eigenvalue weighted by atomic mass is 10.2. The summed E-state index contributed by atoms with van der Waals surface area (Å²) in [5.41, 5.74) is 5.69. The molecular formula is C11H21N3O4S3. The van der Waals surface area contributed by atoms with E-state index in [1.54, 1.807) is 11.8 Å². The highest BCUT2D eigenvalue weighted by Crippen LogP contribution is 2.00. The highest BCUT2D eigenvalue weighted by molar-refractivity contribution is 7.98. The molecule has 0 aromatic heterocycles. The number of carbonyl (C=O) groups is 3. The molecule has 0 unspecified atom stereocenters. The van der Waals surface area contributed by atoms with Crippen molar-refractivity contribution >= 4 is 54.8 Å². The number of amides is 2. The second kappa shape index (κ2) is 11.0. The molecule has 122 valence electrons. The minimum Gasteiger partial charge on any atom is -0.480 e. The van der Waals surface area contributed by atoms with Crippen LogP contribution in [0.4, 0.5) is 0 Å². The van der Waals surface area contributed by atoms with Crippen LogP contribution in [0, 0.1) is 0 Å². The standard InChI is InChI=1S/C11H21N3O4S3/c1-21-3-2-6(12)9(15)13-7(4-19)10(16)14-8(5-20)11(17)18/h6-8,19-20H,2-5,12H2,1H3,(H,13,15)(H,14,16)(H,17,18)/t6-,7-,8-/m0/s1. The summed E-state index contributed by atoms with van der Waals surface area (Å²) in [6, 6.07) is -2.78. The Morgan fingerprint density at radius 1 is 1.14 bits per heavy atom.